The predicted molar refractivity (Wildman–Crippen MR) is 89.0 cm³/mol. The number of halogens is 6. The van der Waals surface area contributed by atoms with Crippen molar-refractivity contribution in [1.82, 2.24) is 4.90 Å². The number of carbonyl (C=O) groups is 2. The number of benzene rings is 1. The molecular formula is C19H21F6NO2. The number of aldehydes is 1. The molecule has 1 atom stereocenters. The summed E-state index contributed by atoms with van der Waals surface area (Å²) in [6.07, 6.45) is -8.29. The maximum absolute atomic E-state index is 13.0. The van der Waals surface area contributed by atoms with Crippen LogP contribution in [0, 0.1) is 11.3 Å². The highest BCUT2D eigenvalue weighted by molar-refractivity contribution is 5.85. The van der Waals surface area contributed by atoms with Gasteiger partial charge in [0, 0.05) is 19.5 Å². The minimum absolute atomic E-state index is 0.0673. The molecule has 1 aliphatic rings. The van der Waals surface area contributed by atoms with E-state index in [4.69, 9.17) is 0 Å². The van der Waals surface area contributed by atoms with Gasteiger partial charge >= 0.3 is 12.4 Å². The molecule has 0 aromatic heterocycles. The Hall–Kier alpha value is -2.06. The van der Waals surface area contributed by atoms with E-state index >= 15 is 0 Å². The topological polar surface area (TPSA) is 37.4 Å². The van der Waals surface area contributed by atoms with E-state index in [2.05, 4.69) is 0 Å². The molecule has 0 saturated carbocycles. The first-order chi connectivity index (χ1) is 12.8. The van der Waals surface area contributed by atoms with E-state index in [-0.39, 0.29) is 43.0 Å². The molecule has 0 aliphatic carbocycles. The van der Waals surface area contributed by atoms with Crippen LogP contribution in [0.15, 0.2) is 18.2 Å². The van der Waals surface area contributed by atoms with Crippen molar-refractivity contribution in [2.75, 3.05) is 6.54 Å². The molecule has 1 fully saturated rings. The fourth-order valence-corrected chi connectivity index (χ4v) is 3.71. The molecule has 1 saturated heterocycles. The van der Waals surface area contributed by atoms with Crippen LogP contribution in [0.4, 0.5) is 26.3 Å². The molecule has 0 spiro atoms. The fraction of sp³-hybridized carbons (Fsp3) is 0.579. The summed E-state index contributed by atoms with van der Waals surface area (Å²) in [5, 5.41) is 0. The number of likely N-dealkylation sites (tertiary alicyclic amines) is 1. The van der Waals surface area contributed by atoms with Gasteiger partial charge in [0.15, 0.2) is 0 Å². The number of amides is 1. The summed E-state index contributed by atoms with van der Waals surface area (Å²) in [7, 11) is 0. The monoisotopic (exact) mass is 409 g/mol. The molecule has 1 aromatic carbocycles. The van der Waals surface area contributed by atoms with Crippen molar-refractivity contribution in [3.8, 4) is 0 Å². The first-order valence-corrected chi connectivity index (χ1v) is 8.82. The molecular weight excluding hydrogens is 388 g/mol. The summed E-state index contributed by atoms with van der Waals surface area (Å²) in [5.41, 5.74) is -3.86. The van der Waals surface area contributed by atoms with Crippen LogP contribution >= 0.6 is 0 Å². The van der Waals surface area contributed by atoms with E-state index < -0.39 is 28.9 Å². The number of carbonyl (C=O) groups excluding carboxylic acids is 2. The van der Waals surface area contributed by atoms with Gasteiger partial charge in [0.2, 0.25) is 5.91 Å². The van der Waals surface area contributed by atoms with Crippen molar-refractivity contribution in [1.29, 1.82) is 0 Å². The van der Waals surface area contributed by atoms with Crippen LogP contribution in [-0.2, 0) is 28.5 Å². The molecule has 9 heteroatoms. The minimum Gasteiger partial charge on any atom is -0.338 e. The van der Waals surface area contributed by atoms with E-state index in [1.54, 1.807) is 0 Å². The molecule has 1 unspecified atom stereocenters. The van der Waals surface area contributed by atoms with Crippen molar-refractivity contribution in [3.05, 3.63) is 34.9 Å². The zero-order valence-corrected chi connectivity index (χ0v) is 15.5. The van der Waals surface area contributed by atoms with Crippen molar-refractivity contribution in [2.45, 2.75) is 52.0 Å². The summed E-state index contributed by atoms with van der Waals surface area (Å²) in [4.78, 5) is 24.9. The molecule has 1 heterocycles. The first kappa shape index (κ1) is 22.2. The number of alkyl halides is 6. The molecule has 0 radical (unpaired) electrons. The van der Waals surface area contributed by atoms with Gasteiger partial charge in [-0.2, -0.15) is 26.3 Å². The fourth-order valence-electron chi connectivity index (χ4n) is 3.71. The molecule has 3 nitrogen and oxygen atoms in total. The maximum atomic E-state index is 13.0. The van der Waals surface area contributed by atoms with E-state index in [9.17, 15) is 35.9 Å². The summed E-state index contributed by atoms with van der Waals surface area (Å²) in [5.74, 6) is -0.451. The largest absolute Gasteiger partial charge is 0.416 e. The van der Waals surface area contributed by atoms with Crippen molar-refractivity contribution >= 4 is 12.2 Å². The Morgan fingerprint density at radius 3 is 2.04 bits per heavy atom. The highest BCUT2D eigenvalue weighted by Gasteiger charge is 2.48. The van der Waals surface area contributed by atoms with Crippen LogP contribution in [0.5, 0.6) is 0 Å². The Morgan fingerprint density at radius 1 is 1.07 bits per heavy atom. The third kappa shape index (κ3) is 4.50. The zero-order chi connectivity index (χ0) is 21.3. The van der Waals surface area contributed by atoms with Crippen LogP contribution in [0.25, 0.3) is 0 Å². The van der Waals surface area contributed by atoms with Gasteiger partial charge in [-0.15, -0.1) is 0 Å². The lowest BCUT2D eigenvalue weighted by Crippen LogP contribution is -2.38. The van der Waals surface area contributed by atoms with Gasteiger partial charge in [0.05, 0.1) is 16.5 Å². The van der Waals surface area contributed by atoms with E-state index in [0.717, 1.165) is 0 Å². The molecule has 0 bridgehead atoms. The summed E-state index contributed by atoms with van der Waals surface area (Å²) in [6.45, 7) is 3.51. The van der Waals surface area contributed by atoms with Crippen molar-refractivity contribution in [3.63, 3.8) is 0 Å². The maximum Gasteiger partial charge on any atom is 0.416 e. The second-order valence-corrected chi connectivity index (χ2v) is 7.41. The number of rotatable bonds is 6. The Morgan fingerprint density at radius 2 is 1.61 bits per heavy atom. The van der Waals surface area contributed by atoms with Gasteiger partial charge in [-0.1, -0.05) is 13.8 Å². The number of hydrogen-bond donors (Lipinski definition) is 0. The third-order valence-corrected chi connectivity index (χ3v) is 5.38. The smallest absolute Gasteiger partial charge is 0.338 e. The quantitative estimate of drug-likeness (QED) is 0.486. The Kier molecular flexibility index (Phi) is 6.16. The molecule has 2 rings (SSSR count). The molecule has 28 heavy (non-hydrogen) atoms. The summed E-state index contributed by atoms with van der Waals surface area (Å²) < 4.78 is 78.1. The van der Waals surface area contributed by atoms with E-state index in [1.165, 1.54) is 4.90 Å². The molecule has 1 amide bonds. The summed E-state index contributed by atoms with van der Waals surface area (Å²) in [6, 6.07) is 1.35. The lowest BCUT2D eigenvalue weighted by Gasteiger charge is -2.31. The zero-order valence-electron chi connectivity index (χ0n) is 15.5. The van der Waals surface area contributed by atoms with Gasteiger partial charge in [-0.3, -0.25) is 4.79 Å². The van der Waals surface area contributed by atoms with Crippen LogP contribution in [0.3, 0.4) is 0 Å². The number of hydrogen-bond acceptors (Lipinski definition) is 2. The lowest BCUT2D eigenvalue weighted by molar-refractivity contribution is -0.143. The van der Waals surface area contributed by atoms with Gasteiger partial charge in [-0.05, 0) is 42.5 Å². The van der Waals surface area contributed by atoms with E-state index in [0.29, 0.717) is 31.3 Å². The second kappa shape index (κ2) is 7.75. The Labute approximate surface area is 158 Å². The Bertz CT molecular complexity index is 709. The molecule has 156 valence electrons. The lowest BCUT2D eigenvalue weighted by atomic mass is 9.72. The van der Waals surface area contributed by atoms with Gasteiger partial charge in [0.25, 0.3) is 0 Å². The first-order valence-electron chi connectivity index (χ1n) is 8.82. The molecule has 1 aliphatic heterocycles. The van der Waals surface area contributed by atoms with Crippen LogP contribution in [0.2, 0.25) is 0 Å². The summed E-state index contributed by atoms with van der Waals surface area (Å²) >= 11 is 0. The van der Waals surface area contributed by atoms with E-state index in [1.807, 2.05) is 13.8 Å². The predicted octanol–water partition coefficient (Wildman–Crippen LogP) is 5.08. The SMILES string of the molecule is CC(C)C1(CCC=O)CCN(Cc2cc(C(F)(F)F)cc(C(F)(F)F)c2)C1=O. The van der Waals surface area contributed by atoms with Gasteiger partial charge in [-0.25, -0.2) is 0 Å². The van der Waals surface area contributed by atoms with Crippen LogP contribution in [-0.4, -0.2) is 23.6 Å². The number of nitrogens with zero attached hydrogens (tertiary/aromatic N) is 1. The third-order valence-electron chi connectivity index (χ3n) is 5.38. The van der Waals surface area contributed by atoms with Crippen LogP contribution < -0.4 is 0 Å². The molecule has 1 aromatic rings. The minimum atomic E-state index is -4.93. The van der Waals surface area contributed by atoms with Crippen molar-refractivity contribution in [2.24, 2.45) is 11.3 Å². The van der Waals surface area contributed by atoms with Gasteiger partial charge in [0.1, 0.15) is 6.29 Å². The highest BCUT2D eigenvalue weighted by Crippen LogP contribution is 2.44. The van der Waals surface area contributed by atoms with Crippen molar-refractivity contribution < 1.29 is 35.9 Å². The standard InChI is InChI=1S/C19H21F6NO2/c1-12(2)17(4-3-7-27)5-6-26(16(17)28)11-13-8-14(18(20,21)22)10-15(9-13)19(23,24)25/h7-10,12H,3-6,11H2,1-2H3. The average molecular weight is 409 g/mol. The Balaban J connectivity index is 2.35. The highest BCUT2D eigenvalue weighted by atomic mass is 19.4. The van der Waals surface area contributed by atoms with Crippen LogP contribution in [0.1, 0.15) is 49.8 Å². The second-order valence-electron chi connectivity index (χ2n) is 7.41. The molecule has 0 N–H and O–H groups in total. The normalized spacial score (nSPS) is 20.9. The average Bonchev–Trinajstić information content (AvgIpc) is 2.88. The van der Waals surface area contributed by atoms with Gasteiger partial charge < -0.3 is 9.69 Å².